The van der Waals surface area contributed by atoms with Gasteiger partial charge in [-0.05, 0) is 38.5 Å². The van der Waals surface area contributed by atoms with E-state index in [9.17, 15) is 9.59 Å². The highest BCUT2D eigenvalue weighted by molar-refractivity contribution is 5.97. The molecule has 0 aliphatic rings. The summed E-state index contributed by atoms with van der Waals surface area (Å²) in [6.07, 6.45) is 0.356. The quantitative estimate of drug-likeness (QED) is 0.548. The van der Waals surface area contributed by atoms with Crippen LogP contribution in [0.2, 0.25) is 0 Å². The molecule has 0 saturated carbocycles. The molecule has 1 aromatic carbocycles. The normalized spacial score (nSPS) is 10.3. The number of hydrogen-bond acceptors (Lipinski definition) is 5. The molecule has 0 atom stereocenters. The van der Waals surface area contributed by atoms with Gasteiger partial charge >= 0.3 is 5.97 Å². The van der Waals surface area contributed by atoms with Crippen LogP contribution in [0.1, 0.15) is 36.2 Å². The molecule has 1 amide bonds. The van der Waals surface area contributed by atoms with Crippen LogP contribution in [0.25, 0.3) is 0 Å². The van der Waals surface area contributed by atoms with Gasteiger partial charge in [0.05, 0.1) is 12.7 Å². The van der Waals surface area contributed by atoms with Gasteiger partial charge in [-0.25, -0.2) is 4.79 Å². The first-order valence-corrected chi connectivity index (χ1v) is 6.86. The van der Waals surface area contributed by atoms with Gasteiger partial charge in [0.25, 0.3) is 0 Å². The second-order valence-corrected chi connectivity index (χ2v) is 5.14. The van der Waals surface area contributed by atoms with Crippen molar-refractivity contribution >= 4 is 23.3 Å². The minimum Gasteiger partial charge on any atom is -0.465 e. The molecule has 0 radical (unpaired) electrons. The van der Waals surface area contributed by atoms with E-state index in [0.29, 0.717) is 24.2 Å². The SMILES string of the molecule is COC(=O)c1cc(NCCC(=O)NC(C)C)cc(C)c1N. The van der Waals surface area contributed by atoms with Gasteiger partial charge in [0.1, 0.15) is 0 Å². The average Bonchev–Trinajstić information content (AvgIpc) is 2.40. The van der Waals surface area contributed by atoms with Crippen LogP contribution in [0.15, 0.2) is 12.1 Å². The van der Waals surface area contributed by atoms with E-state index in [1.807, 2.05) is 26.8 Å². The summed E-state index contributed by atoms with van der Waals surface area (Å²) in [5.41, 5.74) is 8.12. The molecule has 0 spiro atoms. The molecule has 4 N–H and O–H groups in total. The number of methoxy groups -OCH3 is 1. The number of amides is 1. The van der Waals surface area contributed by atoms with Gasteiger partial charge in [-0.1, -0.05) is 0 Å². The van der Waals surface area contributed by atoms with Crippen LogP contribution in [0.3, 0.4) is 0 Å². The van der Waals surface area contributed by atoms with E-state index in [0.717, 1.165) is 11.3 Å². The summed E-state index contributed by atoms with van der Waals surface area (Å²) in [5, 5.41) is 5.93. The Morgan fingerprint density at radius 3 is 2.57 bits per heavy atom. The Bertz CT molecular complexity index is 527. The lowest BCUT2D eigenvalue weighted by Gasteiger charge is -2.13. The first kappa shape index (κ1) is 16.8. The number of nitrogens with one attached hydrogen (secondary N) is 2. The lowest BCUT2D eigenvalue weighted by Crippen LogP contribution is -2.31. The molecule has 0 aromatic heterocycles. The Morgan fingerprint density at radius 2 is 2.00 bits per heavy atom. The van der Waals surface area contributed by atoms with Gasteiger partial charge in [-0.3, -0.25) is 4.79 Å². The molecule has 0 unspecified atom stereocenters. The van der Waals surface area contributed by atoms with Crippen molar-refractivity contribution in [3.63, 3.8) is 0 Å². The first-order chi connectivity index (χ1) is 9.85. The van der Waals surface area contributed by atoms with Crippen molar-refractivity contribution in [3.8, 4) is 0 Å². The second-order valence-electron chi connectivity index (χ2n) is 5.14. The number of rotatable bonds is 6. The van der Waals surface area contributed by atoms with Crippen molar-refractivity contribution in [2.24, 2.45) is 0 Å². The second kappa shape index (κ2) is 7.52. The van der Waals surface area contributed by atoms with Gasteiger partial charge in [0.15, 0.2) is 0 Å². The summed E-state index contributed by atoms with van der Waals surface area (Å²) < 4.78 is 4.70. The van der Waals surface area contributed by atoms with E-state index in [1.165, 1.54) is 7.11 Å². The van der Waals surface area contributed by atoms with E-state index in [4.69, 9.17) is 10.5 Å². The van der Waals surface area contributed by atoms with Crippen molar-refractivity contribution in [2.45, 2.75) is 33.2 Å². The Morgan fingerprint density at radius 1 is 1.33 bits per heavy atom. The molecule has 6 nitrogen and oxygen atoms in total. The van der Waals surface area contributed by atoms with Crippen LogP contribution in [0.5, 0.6) is 0 Å². The highest BCUT2D eigenvalue weighted by atomic mass is 16.5. The number of anilines is 2. The smallest absolute Gasteiger partial charge is 0.340 e. The molecule has 6 heteroatoms. The summed E-state index contributed by atoms with van der Waals surface area (Å²) in [6, 6.07) is 3.60. The van der Waals surface area contributed by atoms with E-state index < -0.39 is 5.97 Å². The van der Waals surface area contributed by atoms with Gasteiger partial charge in [0, 0.05) is 30.4 Å². The van der Waals surface area contributed by atoms with Crippen LogP contribution in [0, 0.1) is 6.92 Å². The third-order valence-electron chi connectivity index (χ3n) is 2.92. The predicted molar refractivity (Wildman–Crippen MR) is 83.3 cm³/mol. The molecular formula is C15H23N3O3. The number of hydrogen-bond donors (Lipinski definition) is 3. The number of carbonyl (C=O) groups is 2. The zero-order valence-corrected chi connectivity index (χ0v) is 12.9. The van der Waals surface area contributed by atoms with Crippen LogP contribution >= 0.6 is 0 Å². The Hall–Kier alpha value is -2.24. The average molecular weight is 293 g/mol. The first-order valence-electron chi connectivity index (χ1n) is 6.86. The molecule has 0 fully saturated rings. The topological polar surface area (TPSA) is 93.4 Å². The molecular weight excluding hydrogens is 270 g/mol. The van der Waals surface area contributed by atoms with E-state index in [1.54, 1.807) is 6.07 Å². The number of esters is 1. The zero-order valence-electron chi connectivity index (χ0n) is 12.9. The molecule has 1 aromatic rings. The van der Waals surface area contributed by atoms with Crippen molar-refractivity contribution in [3.05, 3.63) is 23.3 Å². The fourth-order valence-corrected chi connectivity index (χ4v) is 1.89. The third-order valence-corrected chi connectivity index (χ3v) is 2.92. The maximum Gasteiger partial charge on any atom is 0.340 e. The summed E-state index contributed by atoms with van der Waals surface area (Å²) in [7, 11) is 1.31. The molecule has 0 heterocycles. The van der Waals surface area contributed by atoms with E-state index in [-0.39, 0.29) is 11.9 Å². The van der Waals surface area contributed by atoms with Crippen molar-refractivity contribution in [2.75, 3.05) is 24.7 Å². The van der Waals surface area contributed by atoms with Gasteiger partial charge in [0.2, 0.25) is 5.91 Å². The maximum atomic E-state index is 11.6. The van der Waals surface area contributed by atoms with Crippen molar-refractivity contribution in [1.29, 1.82) is 0 Å². The van der Waals surface area contributed by atoms with Crippen LogP contribution < -0.4 is 16.4 Å². The molecule has 0 aliphatic heterocycles. The molecule has 0 aliphatic carbocycles. The van der Waals surface area contributed by atoms with Gasteiger partial charge < -0.3 is 21.1 Å². The number of carbonyl (C=O) groups excluding carboxylic acids is 2. The summed E-state index contributed by atoms with van der Waals surface area (Å²) in [4.78, 5) is 23.2. The Kier molecular flexibility index (Phi) is 6.02. The lowest BCUT2D eigenvalue weighted by molar-refractivity contribution is -0.121. The number of benzene rings is 1. The minimum absolute atomic E-state index is 0.0159. The number of aryl methyl sites for hydroxylation is 1. The highest BCUT2D eigenvalue weighted by Gasteiger charge is 2.13. The Balaban J connectivity index is 2.70. The monoisotopic (exact) mass is 293 g/mol. The molecule has 21 heavy (non-hydrogen) atoms. The van der Waals surface area contributed by atoms with Crippen molar-refractivity contribution < 1.29 is 14.3 Å². The summed E-state index contributed by atoms with van der Waals surface area (Å²) in [6.45, 7) is 6.12. The number of ether oxygens (including phenoxy) is 1. The van der Waals surface area contributed by atoms with Gasteiger partial charge in [-0.15, -0.1) is 0 Å². The molecule has 0 bridgehead atoms. The number of nitrogen functional groups attached to an aromatic ring is 1. The van der Waals surface area contributed by atoms with E-state index >= 15 is 0 Å². The Labute approximate surface area is 125 Å². The summed E-state index contributed by atoms with van der Waals surface area (Å²) >= 11 is 0. The largest absolute Gasteiger partial charge is 0.465 e. The fraction of sp³-hybridized carbons (Fsp3) is 0.467. The summed E-state index contributed by atoms with van der Waals surface area (Å²) in [5.74, 6) is -0.491. The minimum atomic E-state index is -0.475. The van der Waals surface area contributed by atoms with Gasteiger partial charge in [-0.2, -0.15) is 0 Å². The molecule has 0 saturated heterocycles. The zero-order chi connectivity index (χ0) is 16.0. The standard InChI is InChI=1S/C15H23N3O3/c1-9(2)18-13(19)5-6-17-11-7-10(3)14(16)12(8-11)15(20)21-4/h7-9,17H,5-6,16H2,1-4H3,(H,18,19). The fourth-order valence-electron chi connectivity index (χ4n) is 1.89. The predicted octanol–water partition coefficient (Wildman–Crippen LogP) is 1.69. The highest BCUT2D eigenvalue weighted by Crippen LogP contribution is 2.23. The molecule has 116 valence electrons. The van der Waals surface area contributed by atoms with Crippen LogP contribution in [-0.2, 0) is 9.53 Å². The third kappa shape index (κ3) is 4.98. The maximum absolute atomic E-state index is 11.6. The number of nitrogens with two attached hydrogens (primary N) is 1. The van der Waals surface area contributed by atoms with Crippen LogP contribution in [0.4, 0.5) is 11.4 Å². The van der Waals surface area contributed by atoms with Crippen LogP contribution in [-0.4, -0.2) is 31.6 Å². The lowest BCUT2D eigenvalue weighted by atomic mass is 10.1. The van der Waals surface area contributed by atoms with E-state index in [2.05, 4.69) is 10.6 Å². The van der Waals surface area contributed by atoms with Crippen molar-refractivity contribution in [1.82, 2.24) is 5.32 Å². The molecule has 1 rings (SSSR count).